The Balaban J connectivity index is 1.63. The Morgan fingerprint density at radius 3 is 2.73 bits per heavy atom. The number of amides is 2. The molecule has 2 amide bonds. The van der Waals surface area contributed by atoms with Crippen molar-refractivity contribution in [3.05, 3.63) is 63.3 Å². The van der Waals surface area contributed by atoms with Crippen LogP contribution in [0, 0.1) is 11.7 Å². The molecule has 1 atom stereocenters. The zero-order valence-corrected chi connectivity index (χ0v) is 15.8. The molecule has 0 aromatic heterocycles. The molecule has 3 rings (SSSR count). The van der Waals surface area contributed by atoms with E-state index in [0.29, 0.717) is 0 Å². The summed E-state index contributed by atoms with van der Waals surface area (Å²) in [5, 5.41) is 3.95. The van der Waals surface area contributed by atoms with E-state index in [1.165, 1.54) is 18.2 Å². The minimum absolute atomic E-state index is 0.0912. The van der Waals surface area contributed by atoms with E-state index in [-0.39, 0.29) is 29.5 Å². The number of hydrogen-bond acceptors (Lipinski definition) is 3. The summed E-state index contributed by atoms with van der Waals surface area (Å²) in [5.41, 5.74) is 3.17. The Labute approximate surface area is 163 Å². The molecule has 0 spiro atoms. The van der Waals surface area contributed by atoms with Gasteiger partial charge in [-0.25, -0.2) is 9.82 Å². The molecule has 26 heavy (non-hydrogen) atoms. The molecule has 1 unspecified atom stereocenters. The Morgan fingerprint density at radius 2 is 2.04 bits per heavy atom. The molecule has 1 heterocycles. The normalized spacial score (nSPS) is 17.1. The smallest absolute Gasteiger partial charge is 0.245 e. The van der Waals surface area contributed by atoms with Crippen LogP contribution in [0.15, 0.2) is 52.0 Å². The number of nitrogens with zero attached hydrogens (tertiary/aromatic N) is 2. The second-order valence-electron chi connectivity index (χ2n) is 5.75. The van der Waals surface area contributed by atoms with Crippen molar-refractivity contribution in [2.24, 2.45) is 11.0 Å². The number of anilines is 1. The molecule has 0 saturated carbocycles. The molecule has 1 saturated heterocycles. The lowest BCUT2D eigenvalue weighted by atomic mass is 10.1. The fraction of sp³-hybridized carbons (Fsp3) is 0.167. The molecular formula is C18H14BrClFN3O2. The molecule has 134 valence electrons. The van der Waals surface area contributed by atoms with E-state index >= 15 is 0 Å². The first-order chi connectivity index (χ1) is 12.5. The summed E-state index contributed by atoms with van der Waals surface area (Å²) >= 11 is 9.23. The van der Waals surface area contributed by atoms with Crippen molar-refractivity contribution in [2.45, 2.75) is 6.42 Å². The van der Waals surface area contributed by atoms with Gasteiger partial charge in [-0.1, -0.05) is 33.6 Å². The van der Waals surface area contributed by atoms with Crippen LogP contribution in [0.25, 0.3) is 0 Å². The Hall–Kier alpha value is -2.25. The van der Waals surface area contributed by atoms with E-state index in [0.717, 1.165) is 16.4 Å². The van der Waals surface area contributed by atoms with Crippen LogP contribution in [-0.2, 0) is 9.59 Å². The Morgan fingerprint density at radius 1 is 1.31 bits per heavy atom. The average molecular weight is 439 g/mol. The van der Waals surface area contributed by atoms with Crippen LogP contribution in [0.1, 0.15) is 12.0 Å². The van der Waals surface area contributed by atoms with Gasteiger partial charge in [0.25, 0.3) is 0 Å². The monoisotopic (exact) mass is 437 g/mol. The molecule has 1 fully saturated rings. The third-order valence-corrected chi connectivity index (χ3v) is 4.86. The van der Waals surface area contributed by atoms with Gasteiger partial charge in [-0.3, -0.25) is 9.59 Å². The summed E-state index contributed by atoms with van der Waals surface area (Å²) in [6, 6.07) is 11.5. The van der Waals surface area contributed by atoms with Crippen molar-refractivity contribution in [1.29, 1.82) is 0 Å². The molecular weight excluding hydrogens is 425 g/mol. The molecule has 0 bridgehead atoms. The number of halogens is 3. The minimum atomic E-state index is -0.534. The number of carbonyl (C=O) groups excluding carboxylic acids is 2. The van der Waals surface area contributed by atoms with Crippen LogP contribution >= 0.6 is 27.5 Å². The van der Waals surface area contributed by atoms with Gasteiger partial charge in [0, 0.05) is 28.7 Å². The van der Waals surface area contributed by atoms with Crippen molar-refractivity contribution in [1.82, 2.24) is 5.43 Å². The van der Waals surface area contributed by atoms with Crippen molar-refractivity contribution in [2.75, 3.05) is 11.4 Å². The third kappa shape index (κ3) is 4.11. The lowest BCUT2D eigenvalue weighted by molar-refractivity contribution is -0.126. The highest BCUT2D eigenvalue weighted by atomic mass is 79.9. The van der Waals surface area contributed by atoms with E-state index in [1.54, 1.807) is 17.0 Å². The standard InChI is InChI=1S/C18H14BrClFN3O2/c19-12-4-6-13(7-5-12)24-10-11(8-17(24)25)18(26)23-22-9-14-15(20)2-1-3-16(14)21/h1-7,9,11H,8,10H2,(H,23,26)/b22-9+. The Bertz CT molecular complexity index is 853. The molecule has 8 heteroatoms. The SMILES string of the molecule is O=C(N/N=C/c1c(F)cccc1Cl)C1CC(=O)N(c2ccc(Br)cc2)C1. The highest BCUT2D eigenvalue weighted by Crippen LogP contribution is 2.26. The fourth-order valence-corrected chi connectivity index (χ4v) is 3.12. The minimum Gasteiger partial charge on any atom is -0.312 e. The topological polar surface area (TPSA) is 61.8 Å². The quantitative estimate of drug-likeness (QED) is 0.584. The van der Waals surface area contributed by atoms with Gasteiger partial charge in [0.05, 0.1) is 17.2 Å². The van der Waals surface area contributed by atoms with Gasteiger partial charge in [-0.15, -0.1) is 0 Å². The maximum atomic E-state index is 13.7. The van der Waals surface area contributed by atoms with E-state index < -0.39 is 17.6 Å². The van der Waals surface area contributed by atoms with Crippen LogP contribution in [0.2, 0.25) is 5.02 Å². The maximum Gasteiger partial charge on any atom is 0.245 e. The highest BCUT2D eigenvalue weighted by Gasteiger charge is 2.35. The van der Waals surface area contributed by atoms with Gasteiger partial charge in [0.2, 0.25) is 11.8 Å². The first-order valence-corrected chi connectivity index (χ1v) is 8.95. The largest absolute Gasteiger partial charge is 0.312 e. The van der Waals surface area contributed by atoms with Crippen molar-refractivity contribution in [3.63, 3.8) is 0 Å². The maximum absolute atomic E-state index is 13.7. The predicted octanol–water partition coefficient (Wildman–Crippen LogP) is 3.74. The van der Waals surface area contributed by atoms with Crippen LogP contribution in [0.5, 0.6) is 0 Å². The van der Waals surface area contributed by atoms with Gasteiger partial charge in [-0.2, -0.15) is 5.10 Å². The zero-order valence-electron chi connectivity index (χ0n) is 13.5. The molecule has 1 aliphatic heterocycles. The number of rotatable bonds is 4. The van der Waals surface area contributed by atoms with E-state index in [2.05, 4.69) is 26.5 Å². The molecule has 2 aromatic carbocycles. The number of carbonyl (C=O) groups is 2. The van der Waals surface area contributed by atoms with Gasteiger partial charge < -0.3 is 4.90 Å². The Kier molecular flexibility index (Phi) is 5.68. The van der Waals surface area contributed by atoms with Crippen LogP contribution < -0.4 is 10.3 Å². The summed E-state index contributed by atoms with van der Waals surface area (Å²) in [4.78, 5) is 26.0. The summed E-state index contributed by atoms with van der Waals surface area (Å²) in [5.74, 6) is -1.59. The first kappa shape index (κ1) is 18.5. The summed E-state index contributed by atoms with van der Waals surface area (Å²) < 4.78 is 14.6. The average Bonchev–Trinajstić information content (AvgIpc) is 3.00. The third-order valence-electron chi connectivity index (χ3n) is 4.00. The summed E-state index contributed by atoms with van der Waals surface area (Å²) in [6.45, 7) is 0.266. The van der Waals surface area contributed by atoms with Crippen LogP contribution in [0.3, 0.4) is 0 Å². The van der Waals surface area contributed by atoms with Gasteiger partial charge in [-0.05, 0) is 36.4 Å². The molecule has 5 nitrogen and oxygen atoms in total. The van der Waals surface area contributed by atoms with Gasteiger partial charge in [0.1, 0.15) is 5.82 Å². The number of hydrogen-bond donors (Lipinski definition) is 1. The second kappa shape index (κ2) is 7.97. The summed E-state index contributed by atoms with van der Waals surface area (Å²) in [7, 11) is 0. The lowest BCUT2D eigenvalue weighted by Crippen LogP contribution is -2.30. The van der Waals surface area contributed by atoms with Crippen molar-refractivity contribution < 1.29 is 14.0 Å². The number of nitrogens with one attached hydrogen (secondary N) is 1. The van der Waals surface area contributed by atoms with E-state index in [4.69, 9.17) is 11.6 Å². The van der Waals surface area contributed by atoms with Crippen LogP contribution in [0.4, 0.5) is 10.1 Å². The fourth-order valence-electron chi connectivity index (χ4n) is 2.64. The van der Waals surface area contributed by atoms with E-state index in [9.17, 15) is 14.0 Å². The molecule has 1 aliphatic rings. The summed E-state index contributed by atoms with van der Waals surface area (Å²) in [6.07, 6.45) is 1.25. The van der Waals surface area contributed by atoms with Crippen molar-refractivity contribution in [3.8, 4) is 0 Å². The molecule has 0 radical (unpaired) electrons. The molecule has 1 N–H and O–H groups in total. The van der Waals surface area contributed by atoms with Gasteiger partial charge in [0.15, 0.2) is 0 Å². The molecule has 0 aliphatic carbocycles. The zero-order chi connectivity index (χ0) is 18.7. The second-order valence-corrected chi connectivity index (χ2v) is 7.07. The van der Waals surface area contributed by atoms with Gasteiger partial charge >= 0.3 is 0 Å². The number of hydrazone groups is 1. The van der Waals surface area contributed by atoms with Crippen LogP contribution in [-0.4, -0.2) is 24.6 Å². The lowest BCUT2D eigenvalue weighted by Gasteiger charge is -2.16. The molecule has 2 aromatic rings. The number of benzene rings is 2. The van der Waals surface area contributed by atoms with Crippen molar-refractivity contribution >= 4 is 51.2 Å². The predicted molar refractivity (Wildman–Crippen MR) is 102 cm³/mol. The first-order valence-electron chi connectivity index (χ1n) is 7.78. The highest BCUT2D eigenvalue weighted by molar-refractivity contribution is 9.10. The van der Waals surface area contributed by atoms with E-state index in [1.807, 2.05) is 12.1 Å².